The molecule has 2 aromatic rings. The number of benzene rings is 1. The van der Waals surface area contributed by atoms with Gasteiger partial charge in [0.05, 0.1) is 19.4 Å². The van der Waals surface area contributed by atoms with Gasteiger partial charge in [0.15, 0.2) is 5.96 Å². The number of nitrogens with one attached hydrogen (secondary N) is 3. The van der Waals surface area contributed by atoms with Gasteiger partial charge in [-0.2, -0.15) is 0 Å². The summed E-state index contributed by atoms with van der Waals surface area (Å²) in [5.41, 5.74) is 1.40. The second-order valence-electron chi connectivity index (χ2n) is 5.22. The van der Waals surface area contributed by atoms with Gasteiger partial charge in [0.1, 0.15) is 11.6 Å². The van der Waals surface area contributed by atoms with Gasteiger partial charge in [-0.1, -0.05) is 12.1 Å². The van der Waals surface area contributed by atoms with Crippen LogP contribution in [0.3, 0.4) is 0 Å². The fraction of sp³-hybridized carbons (Fsp3) is 0.294. The summed E-state index contributed by atoms with van der Waals surface area (Å²) in [6, 6.07) is 8.60. The van der Waals surface area contributed by atoms with Gasteiger partial charge in [-0.3, -0.25) is 9.79 Å². The summed E-state index contributed by atoms with van der Waals surface area (Å²) in [6.07, 6.45) is 1.55. The Hall–Kier alpha value is -2.83. The van der Waals surface area contributed by atoms with Crippen molar-refractivity contribution in [3.05, 3.63) is 59.3 Å². The van der Waals surface area contributed by atoms with Crippen molar-refractivity contribution in [1.82, 2.24) is 16.0 Å². The van der Waals surface area contributed by atoms with Crippen LogP contribution in [0.5, 0.6) is 0 Å². The Morgan fingerprint density at radius 1 is 1.21 bits per heavy atom. The van der Waals surface area contributed by atoms with E-state index in [9.17, 15) is 9.18 Å². The molecule has 0 bridgehead atoms. The molecule has 3 N–H and O–H groups in total. The molecule has 0 aliphatic rings. The van der Waals surface area contributed by atoms with Crippen LogP contribution in [0, 0.1) is 12.7 Å². The largest absolute Gasteiger partial charge is 0.467 e. The number of amides is 1. The third-order valence-corrected chi connectivity index (χ3v) is 3.38. The van der Waals surface area contributed by atoms with Gasteiger partial charge in [0.25, 0.3) is 0 Å². The number of nitrogens with zero attached hydrogens (tertiary/aromatic N) is 1. The third kappa shape index (κ3) is 5.42. The Morgan fingerprint density at radius 2 is 2.04 bits per heavy atom. The van der Waals surface area contributed by atoms with Crippen molar-refractivity contribution in [3.63, 3.8) is 0 Å². The van der Waals surface area contributed by atoms with Gasteiger partial charge in [-0.25, -0.2) is 4.39 Å². The number of hydrogen-bond donors (Lipinski definition) is 3. The molecule has 0 unspecified atom stereocenters. The average Bonchev–Trinajstić information content (AvgIpc) is 3.09. The number of aryl methyl sites for hydroxylation is 1. The van der Waals surface area contributed by atoms with Gasteiger partial charge in [-0.05, 0) is 36.2 Å². The van der Waals surface area contributed by atoms with E-state index in [0.717, 1.165) is 5.56 Å². The molecule has 0 saturated heterocycles. The third-order valence-electron chi connectivity index (χ3n) is 3.38. The first-order valence-electron chi connectivity index (χ1n) is 7.57. The van der Waals surface area contributed by atoms with Crippen LogP contribution in [-0.4, -0.2) is 25.5 Å². The highest BCUT2D eigenvalue weighted by Crippen LogP contribution is 2.08. The molecule has 0 saturated carbocycles. The smallest absolute Gasteiger partial charge is 0.239 e. The second-order valence-corrected chi connectivity index (χ2v) is 5.22. The lowest BCUT2D eigenvalue weighted by Crippen LogP contribution is -2.42. The van der Waals surface area contributed by atoms with E-state index in [-0.39, 0.29) is 18.3 Å². The molecule has 7 heteroatoms. The predicted molar refractivity (Wildman–Crippen MR) is 89.9 cm³/mol. The summed E-state index contributed by atoms with van der Waals surface area (Å²) in [7, 11) is 1.60. The van der Waals surface area contributed by atoms with Crippen molar-refractivity contribution in [3.8, 4) is 0 Å². The minimum atomic E-state index is -0.241. The number of carbonyl (C=O) groups excluding carboxylic acids is 1. The van der Waals surface area contributed by atoms with Crippen LogP contribution in [0.2, 0.25) is 0 Å². The molecule has 6 nitrogen and oxygen atoms in total. The summed E-state index contributed by atoms with van der Waals surface area (Å²) >= 11 is 0. The molecule has 0 spiro atoms. The minimum Gasteiger partial charge on any atom is -0.467 e. The predicted octanol–water partition coefficient (Wildman–Crippen LogP) is 1.71. The first-order valence-corrected chi connectivity index (χ1v) is 7.57. The highest BCUT2D eigenvalue weighted by atomic mass is 19.1. The Kier molecular flexibility index (Phi) is 6.36. The van der Waals surface area contributed by atoms with Gasteiger partial charge in [-0.15, -0.1) is 0 Å². The Balaban J connectivity index is 1.73. The zero-order valence-corrected chi connectivity index (χ0v) is 13.7. The Bertz CT molecular complexity index is 699. The van der Waals surface area contributed by atoms with Crippen LogP contribution < -0.4 is 16.0 Å². The van der Waals surface area contributed by atoms with E-state index in [1.807, 2.05) is 6.07 Å². The maximum Gasteiger partial charge on any atom is 0.239 e. The monoisotopic (exact) mass is 332 g/mol. The molecule has 2 rings (SSSR count). The number of carbonyl (C=O) groups is 1. The summed E-state index contributed by atoms with van der Waals surface area (Å²) in [5.74, 6) is 0.724. The topological polar surface area (TPSA) is 78.7 Å². The molecule has 0 fully saturated rings. The summed E-state index contributed by atoms with van der Waals surface area (Å²) in [4.78, 5) is 15.8. The second kappa shape index (κ2) is 8.71. The van der Waals surface area contributed by atoms with Gasteiger partial charge in [0, 0.05) is 13.6 Å². The normalized spacial score (nSPS) is 11.2. The molecular formula is C17H21FN4O2. The van der Waals surface area contributed by atoms with Crippen molar-refractivity contribution in [2.24, 2.45) is 4.99 Å². The van der Waals surface area contributed by atoms with E-state index >= 15 is 0 Å². The van der Waals surface area contributed by atoms with Crippen molar-refractivity contribution in [2.75, 3.05) is 13.6 Å². The molecule has 1 aromatic heterocycles. The Labute approximate surface area is 140 Å². The number of aliphatic imine (C=N–C) groups is 1. The molecule has 0 atom stereocenters. The maximum atomic E-state index is 13.5. The lowest BCUT2D eigenvalue weighted by Gasteiger charge is -2.12. The van der Waals surface area contributed by atoms with Crippen LogP contribution in [0.4, 0.5) is 4.39 Å². The van der Waals surface area contributed by atoms with Crippen LogP contribution >= 0.6 is 0 Å². The first-order chi connectivity index (χ1) is 11.6. The molecular weight excluding hydrogens is 311 g/mol. The number of halogens is 1. The van der Waals surface area contributed by atoms with Gasteiger partial charge >= 0.3 is 0 Å². The van der Waals surface area contributed by atoms with Crippen molar-refractivity contribution in [1.29, 1.82) is 0 Å². The molecule has 0 aliphatic carbocycles. The lowest BCUT2D eigenvalue weighted by molar-refractivity contribution is -0.120. The molecule has 0 radical (unpaired) electrons. The van der Waals surface area contributed by atoms with Crippen LogP contribution in [0.1, 0.15) is 16.9 Å². The number of rotatable bonds is 6. The van der Waals surface area contributed by atoms with Gasteiger partial charge in [0.2, 0.25) is 5.91 Å². The van der Waals surface area contributed by atoms with Crippen molar-refractivity contribution >= 4 is 11.9 Å². The van der Waals surface area contributed by atoms with E-state index in [0.29, 0.717) is 30.4 Å². The summed E-state index contributed by atoms with van der Waals surface area (Å²) < 4.78 is 18.6. The molecule has 1 amide bonds. The fourth-order valence-electron chi connectivity index (χ4n) is 1.98. The minimum absolute atomic E-state index is 0.0721. The number of hydrogen-bond acceptors (Lipinski definition) is 3. The average molecular weight is 332 g/mol. The number of guanidine groups is 1. The zero-order valence-electron chi connectivity index (χ0n) is 13.7. The lowest BCUT2D eigenvalue weighted by atomic mass is 10.1. The van der Waals surface area contributed by atoms with Crippen LogP contribution in [-0.2, 0) is 17.9 Å². The van der Waals surface area contributed by atoms with Gasteiger partial charge < -0.3 is 20.4 Å². The molecule has 1 heterocycles. The van der Waals surface area contributed by atoms with E-state index < -0.39 is 0 Å². The van der Waals surface area contributed by atoms with Crippen molar-refractivity contribution in [2.45, 2.75) is 20.0 Å². The van der Waals surface area contributed by atoms with Crippen molar-refractivity contribution < 1.29 is 13.6 Å². The van der Waals surface area contributed by atoms with Crippen LogP contribution in [0.25, 0.3) is 0 Å². The molecule has 24 heavy (non-hydrogen) atoms. The first kappa shape index (κ1) is 17.5. The maximum absolute atomic E-state index is 13.5. The fourth-order valence-corrected chi connectivity index (χ4v) is 1.98. The molecule has 128 valence electrons. The van der Waals surface area contributed by atoms with E-state index in [2.05, 4.69) is 20.9 Å². The Morgan fingerprint density at radius 3 is 2.71 bits per heavy atom. The summed E-state index contributed by atoms with van der Waals surface area (Å²) in [5, 5.41) is 8.65. The molecule has 0 aliphatic heterocycles. The quantitative estimate of drug-likeness (QED) is 0.556. The highest BCUT2D eigenvalue weighted by molar-refractivity contribution is 5.86. The highest BCUT2D eigenvalue weighted by Gasteiger charge is 2.05. The summed E-state index contributed by atoms with van der Waals surface area (Å²) in [6.45, 7) is 2.53. The zero-order chi connectivity index (χ0) is 17.4. The van der Waals surface area contributed by atoms with E-state index in [4.69, 9.17) is 4.42 Å². The SMILES string of the molecule is CN=C(NCC(=O)NCc1ccco1)NCc1ccc(C)c(F)c1. The van der Waals surface area contributed by atoms with Crippen LogP contribution in [0.15, 0.2) is 46.0 Å². The standard InChI is InChI=1S/C17H21FN4O2/c1-12-5-6-13(8-15(12)18)9-21-17(19-2)22-11-16(23)20-10-14-4-3-7-24-14/h3-8H,9-11H2,1-2H3,(H,20,23)(H2,19,21,22). The number of furan rings is 1. The van der Waals surface area contributed by atoms with E-state index in [1.54, 1.807) is 38.4 Å². The molecule has 1 aromatic carbocycles. The van der Waals surface area contributed by atoms with E-state index in [1.165, 1.54) is 6.07 Å².